The molecule has 76 valence electrons. The van der Waals surface area contributed by atoms with Gasteiger partial charge in [-0.1, -0.05) is 19.8 Å². The summed E-state index contributed by atoms with van der Waals surface area (Å²) in [6.45, 7) is 5.24. The second kappa shape index (κ2) is 5.25. The summed E-state index contributed by atoms with van der Waals surface area (Å²) in [6, 6.07) is 0.474. The summed E-state index contributed by atoms with van der Waals surface area (Å²) in [6.07, 6.45) is 6.67. The Kier molecular flexibility index (Phi) is 4.26. The molecule has 1 atom stereocenters. The zero-order chi connectivity index (χ0) is 9.68. The lowest BCUT2D eigenvalue weighted by Gasteiger charge is -2.27. The van der Waals surface area contributed by atoms with E-state index in [1.54, 1.807) is 0 Å². The first-order chi connectivity index (χ1) is 6.25. The predicted octanol–water partition coefficient (Wildman–Crippen LogP) is 2.58. The van der Waals surface area contributed by atoms with E-state index in [0.29, 0.717) is 11.9 Å². The molecule has 0 radical (unpaired) electrons. The van der Waals surface area contributed by atoms with Gasteiger partial charge in [0, 0.05) is 19.0 Å². The second-order valence-corrected chi connectivity index (χ2v) is 4.04. The number of nitrogens with zero attached hydrogens (tertiary/aromatic N) is 1. The van der Waals surface area contributed by atoms with Crippen molar-refractivity contribution in [1.82, 2.24) is 4.90 Å². The number of carbonyl (C=O) groups is 1. The first-order valence-corrected chi connectivity index (χ1v) is 5.55. The molecule has 1 aliphatic heterocycles. The third-order valence-electron chi connectivity index (χ3n) is 2.84. The molecule has 0 saturated carbocycles. The Morgan fingerprint density at radius 1 is 1.38 bits per heavy atom. The van der Waals surface area contributed by atoms with Crippen LogP contribution in [0.15, 0.2) is 0 Å². The molecule has 1 heterocycles. The molecule has 0 aliphatic carbocycles. The third-order valence-corrected chi connectivity index (χ3v) is 2.84. The van der Waals surface area contributed by atoms with Crippen LogP contribution in [0.2, 0.25) is 0 Å². The molecule has 1 saturated heterocycles. The average Bonchev–Trinajstić information content (AvgIpc) is 2.30. The number of likely N-dealkylation sites (tertiary alicyclic amines) is 1. The number of rotatable bonds is 2. The first kappa shape index (κ1) is 10.6. The van der Waals surface area contributed by atoms with Gasteiger partial charge in [0.15, 0.2) is 0 Å². The summed E-state index contributed by atoms with van der Waals surface area (Å²) in [4.78, 5) is 13.8. The quantitative estimate of drug-likeness (QED) is 0.644. The molecular formula is C11H21NO. The molecule has 2 heteroatoms. The van der Waals surface area contributed by atoms with E-state index in [0.717, 1.165) is 19.4 Å². The fraction of sp³-hybridized carbons (Fsp3) is 0.909. The maximum Gasteiger partial charge on any atom is 0.222 e. The lowest BCUT2D eigenvalue weighted by atomic mass is 10.1. The Labute approximate surface area is 81.3 Å². The first-order valence-electron chi connectivity index (χ1n) is 5.55. The van der Waals surface area contributed by atoms with Crippen LogP contribution in [0.25, 0.3) is 0 Å². The molecule has 0 bridgehead atoms. The third kappa shape index (κ3) is 3.02. The highest BCUT2D eigenvalue weighted by molar-refractivity contribution is 5.76. The van der Waals surface area contributed by atoms with Crippen LogP contribution in [0, 0.1) is 0 Å². The molecule has 0 aromatic carbocycles. The monoisotopic (exact) mass is 183 g/mol. The summed E-state index contributed by atoms with van der Waals surface area (Å²) in [5.74, 6) is 0.358. The van der Waals surface area contributed by atoms with Crippen molar-refractivity contribution in [3.8, 4) is 0 Å². The Bertz CT molecular complexity index is 167. The van der Waals surface area contributed by atoms with E-state index < -0.39 is 0 Å². The zero-order valence-corrected chi connectivity index (χ0v) is 8.88. The van der Waals surface area contributed by atoms with Gasteiger partial charge < -0.3 is 4.90 Å². The summed E-state index contributed by atoms with van der Waals surface area (Å²) < 4.78 is 0. The minimum atomic E-state index is 0.358. The molecule has 1 fully saturated rings. The van der Waals surface area contributed by atoms with Crippen molar-refractivity contribution in [3.05, 3.63) is 0 Å². The lowest BCUT2D eigenvalue weighted by molar-refractivity contribution is -0.133. The Balaban J connectivity index is 2.48. The van der Waals surface area contributed by atoms with Gasteiger partial charge in [-0.25, -0.2) is 0 Å². The van der Waals surface area contributed by atoms with E-state index in [4.69, 9.17) is 0 Å². The number of amides is 1. The Hall–Kier alpha value is -0.530. The van der Waals surface area contributed by atoms with Crippen molar-refractivity contribution in [1.29, 1.82) is 0 Å². The van der Waals surface area contributed by atoms with Crippen molar-refractivity contribution < 1.29 is 4.79 Å². The summed E-state index contributed by atoms with van der Waals surface area (Å²) >= 11 is 0. The topological polar surface area (TPSA) is 20.3 Å². The predicted molar refractivity (Wildman–Crippen MR) is 54.6 cm³/mol. The van der Waals surface area contributed by atoms with Gasteiger partial charge in [-0.3, -0.25) is 4.79 Å². The summed E-state index contributed by atoms with van der Waals surface area (Å²) in [7, 11) is 0. The van der Waals surface area contributed by atoms with Gasteiger partial charge in [0.25, 0.3) is 0 Å². The Morgan fingerprint density at radius 2 is 2.15 bits per heavy atom. The second-order valence-electron chi connectivity index (χ2n) is 4.04. The Morgan fingerprint density at radius 3 is 2.85 bits per heavy atom. The highest BCUT2D eigenvalue weighted by Crippen LogP contribution is 2.17. The SMILES string of the molecule is CCCC(=O)N1CCCCCC1C. The van der Waals surface area contributed by atoms with Gasteiger partial charge in [0.1, 0.15) is 0 Å². The van der Waals surface area contributed by atoms with Crippen molar-refractivity contribution in [2.24, 2.45) is 0 Å². The zero-order valence-electron chi connectivity index (χ0n) is 8.88. The fourth-order valence-corrected chi connectivity index (χ4v) is 2.00. The molecule has 0 N–H and O–H groups in total. The van der Waals surface area contributed by atoms with Crippen molar-refractivity contribution in [2.45, 2.75) is 58.4 Å². The minimum Gasteiger partial charge on any atom is -0.340 e. The van der Waals surface area contributed by atoms with Gasteiger partial charge in [0.2, 0.25) is 5.91 Å². The van der Waals surface area contributed by atoms with Gasteiger partial charge >= 0.3 is 0 Å². The molecule has 0 spiro atoms. The summed E-state index contributed by atoms with van der Waals surface area (Å²) in [5.41, 5.74) is 0. The van der Waals surface area contributed by atoms with Crippen LogP contribution >= 0.6 is 0 Å². The molecule has 0 aromatic heterocycles. The van der Waals surface area contributed by atoms with Crippen LogP contribution in [-0.2, 0) is 4.79 Å². The standard InChI is InChI=1S/C11H21NO/c1-3-7-11(13)12-9-6-4-5-8-10(12)2/h10H,3-9H2,1-2H3. The highest BCUT2D eigenvalue weighted by Gasteiger charge is 2.20. The highest BCUT2D eigenvalue weighted by atomic mass is 16.2. The van der Waals surface area contributed by atoms with E-state index in [1.807, 2.05) is 0 Å². The smallest absolute Gasteiger partial charge is 0.222 e. The lowest BCUT2D eigenvalue weighted by Crippen LogP contribution is -2.37. The van der Waals surface area contributed by atoms with Crippen LogP contribution in [0.1, 0.15) is 52.4 Å². The van der Waals surface area contributed by atoms with Gasteiger partial charge in [0.05, 0.1) is 0 Å². The van der Waals surface area contributed by atoms with E-state index in [1.165, 1.54) is 25.7 Å². The van der Waals surface area contributed by atoms with Crippen molar-refractivity contribution in [3.63, 3.8) is 0 Å². The molecule has 1 rings (SSSR count). The molecule has 1 aliphatic rings. The van der Waals surface area contributed by atoms with Crippen molar-refractivity contribution >= 4 is 5.91 Å². The number of hydrogen-bond donors (Lipinski definition) is 0. The maximum atomic E-state index is 11.7. The normalized spacial score (nSPS) is 24.2. The average molecular weight is 183 g/mol. The van der Waals surface area contributed by atoms with Gasteiger partial charge in [-0.15, -0.1) is 0 Å². The van der Waals surface area contributed by atoms with Gasteiger partial charge in [-0.05, 0) is 26.2 Å². The molecule has 2 nitrogen and oxygen atoms in total. The largest absolute Gasteiger partial charge is 0.340 e. The van der Waals surface area contributed by atoms with Crippen LogP contribution in [0.5, 0.6) is 0 Å². The minimum absolute atomic E-state index is 0.358. The van der Waals surface area contributed by atoms with Crippen LogP contribution < -0.4 is 0 Å². The maximum absolute atomic E-state index is 11.7. The molecular weight excluding hydrogens is 162 g/mol. The molecule has 13 heavy (non-hydrogen) atoms. The van der Waals surface area contributed by atoms with Crippen LogP contribution in [-0.4, -0.2) is 23.4 Å². The van der Waals surface area contributed by atoms with Gasteiger partial charge in [-0.2, -0.15) is 0 Å². The van der Waals surface area contributed by atoms with E-state index >= 15 is 0 Å². The van der Waals surface area contributed by atoms with E-state index in [-0.39, 0.29) is 0 Å². The van der Waals surface area contributed by atoms with E-state index in [9.17, 15) is 4.79 Å². The molecule has 0 aromatic rings. The van der Waals surface area contributed by atoms with Crippen molar-refractivity contribution in [2.75, 3.05) is 6.54 Å². The summed E-state index contributed by atoms with van der Waals surface area (Å²) in [5, 5.41) is 0. The fourth-order valence-electron chi connectivity index (χ4n) is 2.00. The number of carbonyl (C=O) groups excluding carboxylic acids is 1. The van der Waals surface area contributed by atoms with E-state index in [2.05, 4.69) is 18.7 Å². The van der Waals surface area contributed by atoms with Crippen LogP contribution in [0.4, 0.5) is 0 Å². The number of hydrogen-bond acceptors (Lipinski definition) is 1. The molecule has 1 unspecified atom stereocenters. The van der Waals surface area contributed by atoms with Crippen LogP contribution in [0.3, 0.4) is 0 Å². The molecule has 1 amide bonds.